The van der Waals surface area contributed by atoms with Crippen molar-refractivity contribution in [1.82, 2.24) is 5.32 Å². The van der Waals surface area contributed by atoms with Gasteiger partial charge >= 0.3 is 0 Å². The molecular weight excluding hydrogens is 246 g/mol. The minimum Gasteiger partial charge on any atom is -0.459 e. The van der Waals surface area contributed by atoms with Gasteiger partial charge in [-0.3, -0.25) is 0 Å². The maximum Gasteiger partial charge on any atom is 0.138 e. The van der Waals surface area contributed by atoms with Gasteiger partial charge in [0.1, 0.15) is 11.3 Å². The van der Waals surface area contributed by atoms with E-state index in [0.717, 1.165) is 30.9 Å². The average Bonchev–Trinajstić information content (AvgIpc) is 2.75. The van der Waals surface area contributed by atoms with Crippen molar-refractivity contribution in [2.24, 2.45) is 5.92 Å². The Labute approximate surface area is 122 Å². The Balaban J connectivity index is 2.45. The number of furan rings is 1. The summed E-state index contributed by atoms with van der Waals surface area (Å²) >= 11 is 0. The molecule has 2 heteroatoms. The van der Waals surface area contributed by atoms with Crippen LogP contribution in [0.4, 0.5) is 0 Å². The van der Waals surface area contributed by atoms with Crippen molar-refractivity contribution in [1.29, 1.82) is 0 Å². The molecule has 0 spiro atoms. The molecule has 2 nitrogen and oxygen atoms in total. The third-order valence-corrected chi connectivity index (χ3v) is 4.04. The molecule has 0 fully saturated rings. The van der Waals surface area contributed by atoms with Gasteiger partial charge in [-0.2, -0.15) is 0 Å². The molecule has 0 saturated heterocycles. The largest absolute Gasteiger partial charge is 0.459 e. The molecule has 0 aliphatic carbocycles. The Bertz CT molecular complexity index is 608. The van der Waals surface area contributed by atoms with E-state index < -0.39 is 0 Å². The average molecular weight is 273 g/mol. The molecule has 1 heterocycles. The van der Waals surface area contributed by atoms with Crippen LogP contribution in [0, 0.1) is 26.7 Å². The summed E-state index contributed by atoms with van der Waals surface area (Å²) in [6, 6.07) is 2.28. The first kappa shape index (κ1) is 15.1. The molecule has 1 N–H and O–H groups in total. The SMILES string of the molecule is CCc1c(CNCC(C)C)oc2c(C)c(C)cc(C)c12. The standard InChI is InChI=1S/C18H27NO/c1-7-15-16(10-19-9-11(2)3)20-18-14(6)12(4)8-13(5)17(15)18/h8,11,19H,7,9-10H2,1-6H3. The molecule has 110 valence electrons. The fourth-order valence-electron chi connectivity index (χ4n) is 2.87. The minimum absolute atomic E-state index is 0.662. The van der Waals surface area contributed by atoms with E-state index in [-0.39, 0.29) is 0 Å². The number of aryl methyl sites for hydroxylation is 4. The summed E-state index contributed by atoms with van der Waals surface area (Å²) in [5.74, 6) is 1.77. The van der Waals surface area contributed by atoms with Crippen LogP contribution in [0.3, 0.4) is 0 Å². The van der Waals surface area contributed by atoms with Crippen molar-refractivity contribution in [3.8, 4) is 0 Å². The lowest BCUT2D eigenvalue weighted by atomic mass is 9.98. The highest BCUT2D eigenvalue weighted by Gasteiger charge is 2.17. The molecule has 0 saturated carbocycles. The molecule has 0 aliphatic heterocycles. The second-order valence-electron chi connectivity index (χ2n) is 6.22. The topological polar surface area (TPSA) is 25.2 Å². The molecule has 20 heavy (non-hydrogen) atoms. The summed E-state index contributed by atoms with van der Waals surface area (Å²) in [7, 11) is 0. The summed E-state index contributed by atoms with van der Waals surface area (Å²) in [4.78, 5) is 0. The van der Waals surface area contributed by atoms with Gasteiger partial charge in [0, 0.05) is 10.9 Å². The number of nitrogens with one attached hydrogen (secondary N) is 1. The van der Waals surface area contributed by atoms with Crippen LogP contribution in [-0.2, 0) is 13.0 Å². The van der Waals surface area contributed by atoms with E-state index in [1.54, 1.807) is 0 Å². The van der Waals surface area contributed by atoms with Crippen molar-refractivity contribution >= 4 is 11.0 Å². The fourth-order valence-corrected chi connectivity index (χ4v) is 2.87. The second-order valence-corrected chi connectivity index (χ2v) is 6.22. The van der Waals surface area contributed by atoms with Crippen LogP contribution in [0.15, 0.2) is 10.5 Å². The van der Waals surface area contributed by atoms with Crippen molar-refractivity contribution in [2.75, 3.05) is 6.54 Å². The fraction of sp³-hybridized carbons (Fsp3) is 0.556. The summed E-state index contributed by atoms with van der Waals surface area (Å²) in [5.41, 5.74) is 6.37. The van der Waals surface area contributed by atoms with Crippen LogP contribution >= 0.6 is 0 Å². The van der Waals surface area contributed by atoms with E-state index in [2.05, 4.69) is 52.9 Å². The molecule has 0 unspecified atom stereocenters. The monoisotopic (exact) mass is 273 g/mol. The Morgan fingerprint density at radius 3 is 2.45 bits per heavy atom. The zero-order chi connectivity index (χ0) is 14.9. The molecule has 0 bridgehead atoms. The summed E-state index contributed by atoms with van der Waals surface area (Å²) in [6.07, 6.45) is 1.02. The van der Waals surface area contributed by atoms with Gasteiger partial charge in [-0.1, -0.05) is 26.8 Å². The zero-order valence-corrected chi connectivity index (χ0v) is 13.7. The van der Waals surface area contributed by atoms with Crippen molar-refractivity contribution in [2.45, 2.75) is 54.5 Å². The van der Waals surface area contributed by atoms with Gasteiger partial charge in [0.2, 0.25) is 0 Å². The molecule has 0 aliphatic rings. The number of rotatable bonds is 5. The van der Waals surface area contributed by atoms with Gasteiger partial charge in [0.25, 0.3) is 0 Å². The second kappa shape index (κ2) is 6.01. The molecule has 1 aromatic heterocycles. The lowest BCUT2D eigenvalue weighted by Crippen LogP contribution is -2.19. The summed E-state index contributed by atoms with van der Waals surface area (Å²) in [5, 5.41) is 4.83. The highest BCUT2D eigenvalue weighted by molar-refractivity contribution is 5.89. The first-order chi connectivity index (χ1) is 9.45. The molecule has 2 rings (SSSR count). The molecular formula is C18H27NO. The van der Waals surface area contributed by atoms with Crippen molar-refractivity contribution in [3.63, 3.8) is 0 Å². The van der Waals surface area contributed by atoms with Gasteiger partial charge in [-0.15, -0.1) is 0 Å². The molecule has 1 aromatic carbocycles. The van der Waals surface area contributed by atoms with Crippen LogP contribution in [0.25, 0.3) is 11.0 Å². The van der Waals surface area contributed by atoms with Gasteiger partial charge < -0.3 is 9.73 Å². The third kappa shape index (κ3) is 2.76. The maximum absolute atomic E-state index is 6.20. The Morgan fingerprint density at radius 1 is 1.15 bits per heavy atom. The smallest absolute Gasteiger partial charge is 0.138 e. The Kier molecular flexibility index (Phi) is 4.54. The van der Waals surface area contributed by atoms with Crippen LogP contribution in [0.2, 0.25) is 0 Å². The molecule has 0 atom stereocenters. The predicted molar refractivity (Wildman–Crippen MR) is 86.3 cm³/mol. The van der Waals surface area contributed by atoms with Gasteiger partial charge in [-0.25, -0.2) is 0 Å². The number of hydrogen-bond acceptors (Lipinski definition) is 2. The van der Waals surface area contributed by atoms with Crippen LogP contribution in [0.1, 0.15) is 48.8 Å². The highest BCUT2D eigenvalue weighted by Crippen LogP contribution is 2.33. The van der Waals surface area contributed by atoms with Crippen molar-refractivity contribution < 1.29 is 4.42 Å². The quantitative estimate of drug-likeness (QED) is 0.856. The Morgan fingerprint density at radius 2 is 1.85 bits per heavy atom. The van der Waals surface area contributed by atoms with E-state index in [4.69, 9.17) is 4.42 Å². The lowest BCUT2D eigenvalue weighted by Gasteiger charge is -2.06. The molecule has 0 amide bonds. The number of benzene rings is 1. The minimum atomic E-state index is 0.662. The predicted octanol–water partition coefficient (Wildman–Crippen LogP) is 4.67. The first-order valence-corrected chi connectivity index (χ1v) is 7.67. The van der Waals surface area contributed by atoms with Crippen LogP contribution in [0.5, 0.6) is 0 Å². The lowest BCUT2D eigenvalue weighted by molar-refractivity contribution is 0.480. The summed E-state index contributed by atoms with van der Waals surface area (Å²) < 4.78 is 6.20. The molecule has 0 radical (unpaired) electrons. The van der Waals surface area contributed by atoms with E-state index in [1.165, 1.54) is 27.6 Å². The third-order valence-electron chi connectivity index (χ3n) is 4.04. The van der Waals surface area contributed by atoms with Gasteiger partial charge in [-0.05, 0) is 56.3 Å². The van der Waals surface area contributed by atoms with E-state index in [9.17, 15) is 0 Å². The summed E-state index contributed by atoms with van der Waals surface area (Å²) in [6.45, 7) is 15.0. The normalized spacial score (nSPS) is 11.8. The highest BCUT2D eigenvalue weighted by atomic mass is 16.3. The maximum atomic E-state index is 6.20. The van der Waals surface area contributed by atoms with Crippen molar-refractivity contribution in [3.05, 3.63) is 34.1 Å². The van der Waals surface area contributed by atoms with E-state index >= 15 is 0 Å². The first-order valence-electron chi connectivity index (χ1n) is 7.67. The van der Waals surface area contributed by atoms with Crippen LogP contribution < -0.4 is 5.32 Å². The number of fused-ring (bicyclic) bond motifs is 1. The van der Waals surface area contributed by atoms with E-state index in [1.807, 2.05) is 0 Å². The van der Waals surface area contributed by atoms with Gasteiger partial charge in [0.05, 0.1) is 6.54 Å². The van der Waals surface area contributed by atoms with Crippen LogP contribution in [-0.4, -0.2) is 6.54 Å². The Hall–Kier alpha value is -1.28. The zero-order valence-electron chi connectivity index (χ0n) is 13.7. The molecule has 2 aromatic rings. The number of hydrogen-bond donors (Lipinski definition) is 1. The van der Waals surface area contributed by atoms with E-state index in [0.29, 0.717) is 5.92 Å². The van der Waals surface area contributed by atoms with Gasteiger partial charge in [0.15, 0.2) is 0 Å².